The Kier molecular flexibility index (Phi) is 3.24. The highest BCUT2D eigenvalue weighted by molar-refractivity contribution is 8.06. The number of carbonyl (C=O) groups is 1. The largest absolute Gasteiger partial charge is 0.343 e. The van der Waals surface area contributed by atoms with Crippen molar-refractivity contribution < 1.29 is 19.2 Å². The van der Waals surface area contributed by atoms with E-state index >= 15 is 0 Å². The molecule has 7 heteroatoms. The van der Waals surface area contributed by atoms with Crippen molar-refractivity contribution in [1.29, 1.82) is 0 Å². The Morgan fingerprint density at radius 1 is 1.78 bits per heavy atom. The van der Waals surface area contributed by atoms with Gasteiger partial charge in [0, 0.05) is 6.92 Å². The van der Waals surface area contributed by atoms with Gasteiger partial charge >= 0.3 is 6.72 Å². The molecular formula is C2H6NO4PS. The Morgan fingerprint density at radius 3 is 2.33 bits per heavy atom. The highest BCUT2D eigenvalue weighted by atomic mass is 32.5. The summed E-state index contributed by atoms with van der Waals surface area (Å²) in [6.45, 7) is -2.56. The summed E-state index contributed by atoms with van der Waals surface area (Å²) < 4.78 is 3.93. The SMILES string of the molecule is CC(=O)NOP(O)(O)=S. The molecule has 0 atom stereocenters. The minimum atomic E-state index is -3.72. The highest BCUT2D eigenvalue weighted by Gasteiger charge is 2.07. The van der Waals surface area contributed by atoms with Gasteiger partial charge in [0.05, 0.1) is 0 Å². The summed E-state index contributed by atoms with van der Waals surface area (Å²) in [6.07, 6.45) is 0. The van der Waals surface area contributed by atoms with Crippen LogP contribution in [-0.4, -0.2) is 15.7 Å². The topological polar surface area (TPSA) is 78.8 Å². The second-order valence-corrected chi connectivity index (χ2v) is 3.83. The fourth-order valence-corrected chi connectivity index (χ4v) is 0.483. The van der Waals surface area contributed by atoms with Crippen LogP contribution >= 0.6 is 6.72 Å². The molecule has 0 aromatic heterocycles. The van der Waals surface area contributed by atoms with Gasteiger partial charge in [0.25, 0.3) is 0 Å². The van der Waals surface area contributed by atoms with Gasteiger partial charge in [0.2, 0.25) is 5.91 Å². The van der Waals surface area contributed by atoms with E-state index in [0.29, 0.717) is 0 Å². The molecule has 0 aliphatic carbocycles. The molecule has 0 aliphatic rings. The molecule has 0 unspecified atom stereocenters. The third-order valence-corrected chi connectivity index (χ3v) is 0.861. The molecule has 5 nitrogen and oxygen atoms in total. The van der Waals surface area contributed by atoms with Crippen molar-refractivity contribution in [2.24, 2.45) is 0 Å². The van der Waals surface area contributed by atoms with Crippen LogP contribution in [0, 0.1) is 0 Å². The third-order valence-electron chi connectivity index (χ3n) is 0.308. The first kappa shape index (κ1) is 9.00. The summed E-state index contributed by atoms with van der Waals surface area (Å²) in [7, 11) is 0. The number of hydroxylamine groups is 1. The zero-order valence-electron chi connectivity index (χ0n) is 4.57. The molecule has 0 bridgehead atoms. The molecule has 9 heavy (non-hydrogen) atoms. The maximum absolute atomic E-state index is 10.0. The number of rotatable bonds is 2. The predicted molar refractivity (Wildman–Crippen MR) is 33.6 cm³/mol. The third kappa shape index (κ3) is 8.00. The first-order valence-electron chi connectivity index (χ1n) is 1.92. The van der Waals surface area contributed by atoms with Crippen LogP contribution in [0.4, 0.5) is 0 Å². The van der Waals surface area contributed by atoms with E-state index in [-0.39, 0.29) is 0 Å². The monoisotopic (exact) mass is 171 g/mol. The first-order chi connectivity index (χ1) is 3.92. The quantitative estimate of drug-likeness (QED) is 0.377. The maximum atomic E-state index is 10.0. The molecule has 0 saturated heterocycles. The second-order valence-electron chi connectivity index (χ2n) is 1.24. The van der Waals surface area contributed by atoms with Gasteiger partial charge in [-0.1, -0.05) is 0 Å². The summed E-state index contributed by atoms with van der Waals surface area (Å²) in [4.78, 5) is 26.6. The molecule has 0 aromatic rings. The number of hydrogen-bond donors (Lipinski definition) is 3. The van der Waals surface area contributed by atoms with E-state index in [1.54, 1.807) is 5.48 Å². The summed E-state index contributed by atoms with van der Waals surface area (Å²) in [6, 6.07) is 0. The Bertz CT molecular complexity index is 153. The second kappa shape index (κ2) is 3.24. The van der Waals surface area contributed by atoms with Crippen LogP contribution in [0.2, 0.25) is 0 Å². The van der Waals surface area contributed by atoms with Gasteiger partial charge in [-0.3, -0.25) is 4.79 Å². The van der Waals surface area contributed by atoms with Crippen LogP contribution in [0.15, 0.2) is 0 Å². The molecule has 0 aliphatic heterocycles. The van der Waals surface area contributed by atoms with E-state index < -0.39 is 12.6 Å². The molecule has 0 fully saturated rings. The number of carbonyl (C=O) groups excluding carboxylic acids is 1. The summed E-state index contributed by atoms with van der Waals surface area (Å²) >= 11 is 3.99. The van der Waals surface area contributed by atoms with Crippen LogP contribution in [-0.2, 0) is 21.2 Å². The lowest BCUT2D eigenvalue weighted by Gasteiger charge is -2.05. The van der Waals surface area contributed by atoms with Crippen LogP contribution in [0.25, 0.3) is 0 Å². The summed E-state index contributed by atoms with van der Waals surface area (Å²) in [5.41, 5.74) is 1.69. The normalized spacial score (nSPS) is 11.0. The molecular weight excluding hydrogens is 165 g/mol. The minimum absolute atomic E-state index is 0.535. The van der Waals surface area contributed by atoms with Crippen molar-refractivity contribution in [2.45, 2.75) is 6.92 Å². The lowest BCUT2D eigenvalue weighted by Crippen LogP contribution is -2.18. The van der Waals surface area contributed by atoms with Gasteiger partial charge in [-0.05, 0) is 11.8 Å². The Morgan fingerprint density at radius 2 is 2.22 bits per heavy atom. The Labute approximate surface area is 56.9 Å². The number of nitrogens with one attached hydrogen (secondary N) is 1. The smallest absolute Gasteiger partial charge is 0.323 e. The number of hydrogen-bond acceptors (Lipinski definition) is 3. The molecule has 3 N–H and O–H groups in total. The van der Waals surface area contributed by atoms with Crippen LogP contribution < -0.4 is 5.48 Å². The van der Waals surface area contributed by atoms with Crippen molar-refractivity contribution >= 4 is 24.4 Å². The Balaban J connectivity index is 3.53. The van der Waals surface area contributed by atoms with Gasteiger partial charge in [-0.25, -0.2) is 5.48 Å². The van der Waals surface area contributed by atoms with Gasteiger partial charge < -0.3 is 9.79 Å². The van der Waals surface area contributed by atoms with E-state index in [1.165, 1.54) is 0 Å². The maximum Gasteiger partial charge on any atom is 0.343 e. The van der Waals surface area contributed by atoms with Gasteiger partial charge in [0.15, 0.2) is 0 Å². The number of amides is 1. The zero-order chi connectivity index (χ0) is 7.49. The molecule has 0 aromatic carbocycles. The molecule has 0 heterocycles. The fraction of sp³-hybridized carbons (Fsp3) is 0.500. The van der Waals surface area contributed by atoms with Crippen molar-refractivity contribution in [3.05, 3.63) is 0 Å². The molecule has 1 amide bonds. The highest BCUT2D eigenvalue weighted by Crippen LogP contribution is 2.34. The van der Waals surface area contributed by atoms with Gasteiger partial charge in [-0.15, -0.1) is 0 Å². The summed E-state index contributed by atoms with van der Waals surface area (Å²) in [5.74, 6) is -0.535. The van der Waals surface area contributed by atoms with E-state index in [1.807, 2.05) is 0 Å². The van der Waals surface area contributed by atoms with E-state index in [0.717, 1.165) is 6.92 Å². The van der Waals surface area contributed by atoms with Crippen molar-refractivity contribution in [1.82, 2.24) is 5.48 Å². The molecule has 0 saturated carbocycles. The van der Waals surface area contributed by atoms with E-state index in [4.69, 9.17) is 9.79 Å². The van der Waals surface area contributed by atoms with Gasteiger partial charge in [-0.2, -0.15) is 4.62 Å². The van der Waals surface area contributed by atoms with E-state index in [9.17, 15) is 4.79 Å². The lowest BCUT2D eigenvalue weighted by atomic mass is 10.8. The molecule has 0 spiro atoms. The standard InChI is InChI=1S/C2H6NO4PS/c1-2(4)3-7-8(5,6)9/h1H3,(H,3,4)(H2,5,6,9). The van der Waals surface area contributed by atoms with Crippen LogP contribution in [0.1, 0.15) is 6.92 Å². The fourth-order valence-electron chi connectivity index (χ4n) is 0.124. The molecule has 54 valence electrons. The van der Waals surface area contributed by atoms with Crippen LogP contribution in [0.5, 0.6) is 0 Å². The average molecular weight is 171 g/mol. The predicted octanol–water partition coefficient (Wildman–Crippen LogP) is -0.737. The van der Waals surface area contributed by atoms with Crippen LogP contribution in [0.3, 0.4) is 0 Å². The van der Waals surface area contributed by atoms with Gasteiger partial charge in [0.1, 0.15) is 0 Å². The Hall–Kier alpha value is -0.0000000000000000833. The summed E-state index contributed by atoms with van der Waals surface area (Å²) in [5, 5.41) is 0. The zero-order valence-corrected chi connectivity index (χ0v) is 6.28. The molecule has 0 radical (unpaired) electrons. The van der Waals surface area contributed by atoms with Crippen molar-refractivity contribution in [3.8, 4) is 0 Å². The van der Waals surface area contributed by atoms with Crippen molar-refractivity contribution in [2.75, 3.05) is 0 Å². The lowest BCUT2D eigenvalue weighted by molar-refractivity contribution is -0.125. The van der Waals surface area contributed by atoms with Crippen molar-refractivity contribution in [3.63, 3.8) is 0 Å². The first-order valence-corrected chi connectivity index (χ1v) is 4.55. The van der Waals surface area contributed by atoms with E-state index in [2.05, 4.69) is 16.4 Å². The molecule has 0 rings (SSSR count). The average Bonchev–Trinajstić information content (AvgIpc) is 1.59. The minimum Gasteiger partial charge on any atom is -0.323 e.